The highest BCUT2D eigenvalue weighted by molar-refractivity contribution is 5.59. The van der Waals surface area contributed by atoms with Gasteiger partial charge in [-0.05, 0) is 43.1 Å². The predicted octanol–water partition coefficient (Wildman–Crippen LogP) is 4.45. The van der Waals surface area contributed by atoms with Crippen molar-refractivity contribution in [2.24, 2.45) is 5.92 Å². The van der Waals surface area contributed by atoms with Gasteiger partial charge >= 0.3 is 0 Å². The minimum absolute atomic E-state index is 0.547. The SMILES string of the molecule is COCC1CCCN(c2nncc(-c3ccc(C4CCCCC4)cc3)n2)C1. The molecule has 1 aromatic carbocycles. The Kier molecular flexibility index (Phi) is 5.97. The molecule has 1 saturated heterocycles. The molecule has 0 bridgehead atoms. The Labute approximate surface area is 162 Å². The van der Waals surface area contributed by atoms with Crippen LogP contribution in [0.25, 0.3) is 11.3 Å². The molecule has 0 radical (unpaired) electrons. The Balaban J connectivity index is 1.48. The number of piperidine rings is 1. The van der Waals surface area contributed by atoms with Crippen molar-refractivity contribution >= 4 is 5.95 Å². The molecule has 5 heteroatoms. The van der Waals surface area contributed by atoms with Gasteiger partial charge in [-0.3, -0.25) is 0 Å². The van der Waals surface area contributed by atoms with Crippen LogP contribution in [0.5, 0.6) is 0 Å². The molecular weight excluding hydrogens is 336 g/mol. The van der Waals surface area contributed by atoms with Crippen molar-refractivity contribution in [3.8, 4) is 11.3 Å². The molecule has 1 aliphatic carbocycles. The number of methoxy groups -OCH3 is 1. The van der Waals surface area contributed by atoms with Gasteiger partial charge in [0, 0.05) is 25.8 Å². The van der Waals surface area contributed by atoms with Crippen LogP contribution in [0.1, 0.15) is 56.4 Å². The third kappa shape index (κ3) is 4.46. The maximum absolute atomic E-state index is 5.34. The molecule has 2 aliphatic rings. The normalized spacial score (nSPS) is 21.4. The zero-order chi connectivity index (χ0) is 18.5. The Hall–Kier alpha value is -2.01. The molecule has 0 N–H and O–H groups in total. The second kappa shape index (κ2) is 8.79. The molecule has 1 aromatic heterocycles. The minimum atomic E-state index is 0.547. The summed E-state index contributed by atoms with van der Waals surface area (Å²) in [6, 6.07) is 8.95. The van der Waals surface area contributed by atoms with Crippen molar-refractivity contribution in [3.63, 3.8) is 0 Å². The third-order valence-electron chi connectivity index (χ3n) is 6.03. The van der Waals surface area contributed by atoms with E-state index in [1.807, 2.05) is 0 Å². The first-order valence-corrected chi connectivity index (χ1v) is 10.4. The summed E-state index contributed by atoms with van der Waals surface area (Å²) in [6.07, 6.45) is 10.9. The van der Waals surface area contributed by atoms with Crippen molar-refractivity contribution in [1.82, 2.24) is 15.2 Å². The third-order valence-corrected chi connectivity index (χ3v) is 6.03. The first kappa shape index (κ1) is 18.4. The van der Waals surface area contributed by atoms with Gasteiger partial charge in [-0.15, -0.1) is 5.10 Å². The molecule has 5 nitrogen and oxygen atoms in total. The Morgan fingerprint density at radius 2 is 1.85 bits per heavy atom. The lowest BCUT2D eigenvalue weighted by Crippen LogP contribution is -2.38. The highest BCUT2D eigenvalue weighted by Crippen LogP contribution is 2.33. The highest BCUT2D eigenvalue weighted by atomic mass is 16.5. The number of hydrogen-bond acceptors (Lipinski definition) is 5. The smallest absolute Gasteiger partial charge is 0.245 e. The monoisotopic (exact) mass is 366 g/mol. The van der Waals surface area contributed by atoms with Crippen LogP contribution in [0.15, 0.2) is 30.5 Å². The van der Waals surface area contributed by atoms with Gasteiger partial charge in [0.05, 0.1) is 18.5 Å². The molecule has 1 saturated carbocycles. The second-order valence-electron chi connectivity index (χ2n) is 8.01. The second-order valence-corrected chi connectivity index (χ2v) is 8.01. The molecule has 2 aromatic rings. The van der Waals surface area contributed by atoms with Gasteiger partial charge < -0.3 is 9.64 Å². The van der Waals surface area contributed by atoms with E-state index in [9.17, 15) is 0 Å². The van der Waals surface area contributed by atoms with Crippen LogP contribution in [-0.4, -0.2) is 42.0 Å². The summed E-state index contributed by atoms with van der Waals surface area (Å²) in [5, 5.41) is 8.53. The fourth-order valence-corrected chi connectivity index (χ4v) is 4.55. The number of benzene rings is 1. The van der Waals surface area contributed by atoms with Crippen LogP contribution in [0.2, 0.25) is 0 Å². The van der Waals surface area contributed by atoms with E-state index in [1.54, 1.807) is 13.3 Å². The van der Waals surface area contributed by atoms with Gasteiger partial charge in [0.1, 0.15) is 0 Å². The molecule has 144 valence electrons. The summed E-state index contributed by atoms with van der Waals surface area (Å²) in [4.78, 5) is 7.07. The first-order valence-electron chi connectivity index (χ1n) is 10.4. The number of rotatable bonds is 5. The van der Waals surface area contributed by atoms with Crippen LogP contribution in [-0.2, 0) is 4.74 Å². The molecule has 2 heterocycles. The van der Waals surface area contributed by atoms with Crippen LogP contribution >= 0.6 is 0 Å². The molecule has 2 fully saturated rings. The number of aromatic nitrogens is 3. The molecular formula is C22H30N4O. The summed E-state index contributed by atoms with van der Waals surface area (Å²) in [5.41, 5.74) is 3.50. The maximum atomic E-state index is 5.34. The lowest BCUT2D eigenvalue weighted by Gasteiger charge is -2.32. The predicted molar refractivity (Wildman–Crippen MR) is 108 cm³/mol. The quantitative estimate of drug-likeness (QED) is 0.782. The van der Waals surface area contributed by atoms with Crippen LogP contribution in [0.4, 0.5) is 5.95 Å². The Morgan fingerprint density at radius 1 is 1.04 bits per heavy atom. The van der Waals surface area contributed by atoms with E-state index in [1.165, 1.54) is 44.1 Å². The molecule has 1 atom stereocenters. The van der Waals surface area contributed by atoms with E-state index in [-0.39, 0.29) is 0 Å². The summed E-state index contributed by atoms with van der Waals surface area (Å²) >= 11 is 0. The average molecular weight is 367 g/mol. The van der Waals surface area contributed by atoms with Crippen LogP contribution < -0.4 is 4.90 Å². The summed E-state index contributed by atoms with van der Waals surface area (Å²) in [6.45, 7) is 2.73. The molecule has 4 rings (SSSR count). The summed E-state index contributed by atoms with van der Waals surface area (Å²) in [5.74, 6) is 2.02. The van der Waals surface area contributed by atoms with Gasteiger partial charge in [0.2, 0.25) is 5.95 Å². The summed E-state index contributed by atoms with van der Waals surface area (Å²) in [7, 11) is 1.77. The van der Waals surface area contributed by atoms with E-state index in [4.69, 9.17) is 9.72 Å². The fraction of sp³-hybridized carbons (Fsp3) is 0.591. The van der Waals surface area contributed by atoms with Crippen molar-refractivity contribution in [1.29, 1.82) is 0 Å². The van der Waals surface area contributed by atoms with Gasteiger partial charge in [0.25, 0.3) is 0 Å². The highest BCUT2D eigenvalue weighted by Gasteiger charge is 2.22. The molecule has 0 spiro atoms. The molecule has 1 unspecified atom stereocenters. The maximum Gasteiger partial charge on any atom is 0.245 e. The zero-order valence-corrected chi connectivity index (χ0v) is 16.3. The van der Waals surface area contributed by atoms with Crippen molar-refractivity contribution in [3.05, 3.63) is 36.0 Å². The van der Waals surface area contributed by atoms with Crippen molar-refractivity contribution < 1.29 is 4.74 Å². The molecule has 1 aliphatic heterocycles. The minimum Gasteiger partial charge on any atom is -0.384 e. The van der Waals surface area contributed by atoms with Gasteiger partial charge in [-0.25, -0.2) is 4.98 Å². The first-order chi connectivity index (χ1) is 13.3. The Bertz CT molecular complexity index is 725. The van der Waals surface area contributed by atoms with Crippen LogP contribution in [0.3, 0.4) is 0 Å². The molecule has 27 heavy (non-hydrogen) atoms. The topological polar surface area (TPSA) is 51.1 Å². The number of ether oxygens (including phenoxy) is 1. The fourth-order valence-electron chi connectivity index (χ4n) is 4.55. The van der Waals surface area contributed by atoms with Gasteiger partial charge in [-0.2, -0.15) is 5.10 Å². The van der Waals surface area contributed by atoms with E-state index in [2.05, 4.69) is 39.4 Å². The zero-order valence-electron chi connectivity index (χ0n) is 16.3. The van der Waals surface area contributed by atoms with E-state index < -0.39 is 0 Å². The molecule has 0 amide bonds. The van der Waals surface area contributed by atoms with E-state index in [0.29, 0.717) is 5.92 Å². The van der Waals surface area contributed by atoms with Crippen molar-refractivity contribution in [2.75, 3.05) is 31.7 Å². The number of nitrogens with zero attached hydrogens (tertiary/aromatic N) is 4. The van der Waals surface area contributed by atoms with Crippen molar-refractivity contribution in [2.45, 2.75) is 50.9 Å². The van der Waals surface area contributed by atoms with E-state index >= 15 is 0 Å². The lowest BCUT2D eigenvalue weighted by molar-refractivity contribution is 0.143. The van der Waals surface area contributed by atoms with Crippen LogP contribution in [0, 0.1) is 5.92 Å². The Morgan fingerprint density at radius 3 is 2.63 bits per heavy atom. The lowest BCUT2D eigenvalue weighted by atomic mass is 9.84. The number of hydrogen-bond donors (Lipinski definition) is 0. The van der Waals surface area contributed by atoms with Gasteiger partial charge in [0.15, 0.2) is 0 Å². The van der Waals surface area contributed by atoms with E-state index in [0.717, 1.165) is 49.2 Å². The summed E-state index contributed by atoms with van der Waals surface area (Å²) < 4.78 is 5.34. The largest absolute Gasteiger partial charge is 0.384 e. The standard InChI is InChI=1S/C22H30N4O/c1-27-16-17-6-5-13-26(15-17)22-24-21(14-23-25-22)20-11-9-19(10-12-20)18-7-3-2-4-8-18/h9-12,14,17-18H,2-8,13,15-16H2,1H3. The van der Waals surface area contributed by atoms with Gasteiger partial charge in [-0.1, -0.05) is 43.5 Å². The average Bonchev–Trinajstić information content (AvgIpc) is 2.75. The number of anilines is 1.